The molecule has 2 amide bonds. The highest BCUT2D eigenvalue weighted by Crippen LogP contribution is 2.27. The van der Waals surface area contributed by atoms with Crippen LogP contribution in [0.15, 0.2) is 77.7 Å². The molecule has 10 nitrogen and oxygen atoms in total. The van der Waals surface area contributed by atoms with E-state index in [4.69, 9.17) is 4.74 Å². The summed E-state index contributed by atoms with van der Waals surface area (Å²) in [4.78, 5) is 39.5. The number of carboxylic acids is 1. The van der Waals surface area contributed by atoms with Gasteiger partial charge in [-0.05, 0) is 59.7 Å². The molecule has 216 valence electrons. The molecule has 1 fully saturated rings. The SMILES string of the molecule is COc1ccc(CC(=O)N2CCN(S(=O)(=O)c3ccc(F)cc3)C2C(=O)NC(CC(=O)O)c2ccc(F)cc2)cc1. The number of aliphatic carboxylic acids is 1. The minimum atomic E-state index is -4.40. The second-order valence-corrected chi connectivity index (χ2v) is 11.2. The largest absolute Gasteiger partial charge is 0.497 e. The van der Waals surface area contributed by atoms with Gasteiger partial charge in [0.1, 0.15) is 17.4 Å². The van der Waals surface area contributed by atoms with Crippen molar-refractivity contribution in [1.29, 1.82) is 0 Å². The van der Waals surface area contributed by atoms with Crippen LogP contribution in [0.3, 0.4) is 0 Å². The van der Waals surface area contributed by atoms with Crippen LogP contribution in [-0.4, -0.2) is 66.9 Å². The molecule has 1 aliphatic heterocycles. The molecule has 13 heteroatoms. The highest BCUT2D eigenvalue weighted by molar-refractivity contribution is 7.89. The van der Waals surface area contributed by atoms with E-state index in [0.29, 0.717) is 11.3 Å². The maximum Gasteiger partial charge on any atom is 0.305 e. The summed E-state index contributed by atoms with van der Waals surface area (Å²) in [5, 5.41) is 12.0. The van der Waals surface area contributed by atoms with Gasteiger partial charge in [-0.25, -0.2) is 17.2 Å². The van der Waals surface area contributed by atoms with E-state index in [9.17, 15) is 36.7 Å². The molecular formula is C28H27F2N3O7S. The lowest BCUT2D eigenvalue weighted by atomic mass is 10.0. The molecule has 0 saturated carbocycles. The standard InChI is InChI=1S/C28H27F2N3O7S/c1-40-22-10-2-18(3-11-22)16-25(34)32-14-15-33(41(38,39)23-12-8-21(30)9-13-23)28(32)27(37)31-24(17-26(35)36)19-4-6-20(29)7-5-19/h2-13,24,28H,14-17H2,1H3,(H,31,37)(H,35,36). The number of sulfonamides is 1. The van der Waals surface area contributed by atoms with E-state index < -0.39 is 58.1 Å². The van der Waals surface area contributed by atoms with E-state index in [2.05, 4.69) is 5.32 Å². The van der Waals surface area contributed by atoms with Gasteiger partial charge in [0.05, 0.1) is 30.9 Å². The number of carboxylic acid groups (broad SMARTS) is 1. The fourth-order valence-electron chi connectivity index (χ4n) is 4.52. The summed E-state index contributed by atoms with van der Waals surface area (Å²) >= 11 is 0. The minimum Gasteiger partial charge on any atom is -0.497 e. The second kappa shape index (κ2) is 12.4. The fourth-order valence-corrected chi connectivity index (χ4v) is 6.07. The quantitative estimate of drug-likeness (QED) is 0.373. The number of carbonyl (C=O) groups excluding carboxylic acids is 2. The first-order valence-electron chi connectivity index (χ1n) is 12.5. The zero-order valence-corrected chi connectivity index (χ0v) is 22.7. The Kier molecular flexibility index (Phi) is 8.98. The first-order chi connectivity index (χ1) is 19.5. The fraction of sp³-hybridized carbons (Fsp3) is 0.250. The number of methoxy groups -OCH3 is 1. The summed E-state index contributed by atoms with van der Waals surface area (Å²) in [7, 11) is -2.90. The van der Waals surface area contributed by atoms with Crippen molar-refractivity contribution in [3.8, 4) is 5.75 Å². The van der Waals surface area contributed by atoms with Crippen LogP contribution >= 0.6 is 0 Å². The van der Waals surface area contributed by atoms with Gasteiger partial charge < -0.3 is 20.1 Å². The Morgan fingerprint density at radius 1 is 0.951 bits per heavy atom. The highest BCUT2D eigenvalue weighted by Gasteiger charge is 2.46. The molecule has 0 aliphatic carbocycles. The van der Waals surface area contributed by atoms with Gasteiger partial charge in [-0.3, -0.25) is 14.4 Å². The Labute approximate surface area is 235 Å². The van der Waals surface area contributed by atoms with E-state index in [0.717, 1.165) is 45.6 Å². The third-order valence-corrected chi connectivity index (χ3v) is 8.45. The number of hydrogen-bond donors (Lipinski definition) is 2. The van der Waals surface area contributed by atoms with Crippen LogP contribution in [0.1, 0.15) is 23.6 Å². The van der Waals surface area contributed by atoms with Crippen molar-refractivity contribution in [3.63, 3.8) is 0 Å². The molecule has 1 saturated heterocycles. The molecule has 1 aliphatic rings. The number of nitrogens with one attached hydrogen (secondary N) is 1. The van der Waals surface area contributed by atoms with Gasteiger partial charge >= 0.3 is 5.97 Å². The lowest BCUT2D eigenvalue weighted by molar-refractivity contribution is -0.141. The Balaban J connectivity index is 1.67. The van der Waals surface area contributed by atoms with Crippen molar-refractivity contribution in [3.05, 3.63) is 95.6 Å². The average Bonchev–Trinajstić information content (AvgIpc) is 3.40. The van der Waals surface area contributed by atoms with E-state index in [1.165, 1.54) is 19.2 Å². The van der Waals surface area contributed by atoms with Gasteiger partial charge in [0, 0.05) is 13.1 Å². The predicted molar refractivity (Wildman–Crippen MR) is 142 cm³/mol. The van der Waals surface area contributed by atoms with Gasteiger partial charge in [-0.2, -0.15) is 4.31 Å². The molecule has 4 rings (SSSR count). The molecule has 2 unspecified atom stereocenters. The van der Waals surface area contributed by atoms with E-state index in [-0.39, 0.29) is 30.0 Å². The van der Waals surface area contributed by atoms with Crippen molar-refractivity contribution in [2.24, 2.45) is 0 Å². The summed E-state index contributed by atoms with van der Waals surface area (Å²) in [6, 6.07) is 14.3. The summed E-state index contributed by atoms with van der Waals surface area (Å²) < 4.78 is 60.1. The summed E-state index contributed by atoms with van der Waals surface area (Å²) in [5.41, 5.74) is 0.856. The normalized spacial score (nSPS) is 16.3. The van der Waals surface area contributed by atoms with Crippen molar-refractivity contribution >= 4 is 27.8 Å². The molecular weight excluding hydrogens is 560 g/mol. The molecule has 0 radical (unpaired) electrons. The van der Waals surface area contributed by atoms with Crippen LogP contribution in [0.4, 0.5) is 8.78 Å². The van der Waals surface area contributed by atoms with Crippen molar-refractivity contribution in [2.45, 2.75) is 29.9 Å². The third kappa shape index (κ3) is 6.87. The molecule has 0 spiro atoms. The smallest absolute Gasteiger partial charge is 0.305 e. The number of benzene rings is 3. The van der Waals surface area contributed by atoms with Crippen LogP contribution in [0.5, 0.6) is 5.75 Å². The summed E-state index contributed by atoms with van der Waals surface area (Å²) in [6.07, 6.45) is -2.42. The topological polar surface area (TPSA) is 133 Å². The number of amides is 2. The molecule has 41 heavy (non-hydrogen) atoms. The van der Waals surface area contributed by atoms with Gasteiger partial charge in [0.2, 0.25) is 15.9 Å². The van der Waals surface area contributed by atoms with Gasteiger partial charge in [-0.1, -0.05) is 24.3 Å². The molecule has 0 aromatic heterocycles. The zero-order valence-electron chi connectivity index (χ0n) is 21.9. The molecule has 2 N–H and O–H groups in total. The van der Waals surface area contributed by atoms with Crippen LogP contribution in [0.25, 0.3) is 0 Å². The first kappa shape index (κ1) is 29.6. The van der Waals surface area contributed by atoms with Crippen molar-refractivity contribution in [2.75, 3.05) is 20.2 Å². The van der Waals surface area contributed by atoms with Crippen molar-refractivity contribution < 1.29 is 41.4 Å². The molecule has 3 aromatic carbocycles. The van der Waals surface area contributed by atoms with Gasteiger partial charge in [-0.15, -0.1) is 0 Å². The van der Waals surface area contributed by atoms with Crippen molar-refractivity contribution in [1.82, 2.24) is 14.5 Å². The lowest BCUT2D eigenvalue weighted by Gasteiger charge is -2.30. The Morgan fingerprint density at radius 3 is 2.10 bits per heavy atom. The molecule has 0 bridgehead atoms. The number of rotatable bonds is 10. The van der Waals surface area contributed by atoms with Gasteiger partial charge in [0.15, 0.2) is 6.17 Å². The molecule has 1 heterocycles. The maximum atomic E-state index is 13.7. The average molecular weight is 588 g/mol. The number of hydrogen-bond acceptors (Lipinski definition) is 6. The number of ether oxygens (including phenoxy) is 1. The van der Waals surface area contributed by atoms with E-state index >= 15 is 0 Å². The molecule has 3 aromatic rings. The van der Waals surface area contributed by atoms with E-state index in [1.54, 1.807) is 24.3 Å². The lowest BCUT2D eigenvalue weighted by Crippen LogP contribution is -2.54. The number of nitrogens with zero attached hydrogens (tertiary/aromatic N) is 2. The summed E-state index contributed by atoms with van der Waals surface area (Å²) in [5.74, 6) is -3.44. The molecule has 2 atom stereocenters. The van der Waals surface area contributed by atoms with Gasteiger partial charge in [0.25, 0.3) is 5.91 Å². The van der Waals surface area contributed by atoms with E-state index in [1.807, 2.05) is 0 Å². The van der Waals surface area contributed by atoms with Crippen LogP contribution in [-0.2, 0) is 30.8 Å². The van der Waals surface area contributed by atoms with Crippen LogP contribution in [0, 0.1) is 11.6 Å². The zero-order chi connectivity index (χ0) is 29.7. The predicted octanol–water partition coefficient (Wildman–Crippen LogP) is 2.71. The third-order valence-electron chi connectivity index (χ3n) is 6.59. The number of carbonyl (C=O) groups is 3. The highest BCUT2D eigenvalue weighted by atomic mass is 32.2. The Bertz CT molecular complexity index is 1520. The second-order valence-electron chi connectivity index (χ2n) is 9.27. The summed E-state index contributed by atoms with van der Waals surface area (Å²) in [6.45, 7) is -0.375. The minimum absolute atomic E-state index is 0.131. The monoisotopic (exact) mass is 587 g/mol. The Hall–Kier alpha value is -4.36. The maximum absolute atomic E-state index is 13.7. The van der Waals surface area contributed by atoms with Crippen LogP contribution < -0.4 is 10.1 Å². The van der Waals surface area contributed by atoms with Crippen LogP contribution in [0.2, 0.25) is 0 Å². The Morgan fingerprint density at radius 2 is 1.54 bits per heavy atom. The number of halogens is 2. The first-order valence-corrected chi connectivity index (χ1v) is 13.9.